The lowest BCUT2D eigenvalue weighted by Crippen LogP contribution is -2.31. The van der Waals surface area contributed by atoms with Gasteiger partial charge < -0.3 is 10.2 Å². The summed E-state index contributed by atoms with van der Waals surface area (Å²) in [5.74, 6) is -0.437. The van der Waals surface area contributed by atoms with E-state index in [0.29, 0.717) is 18.7 Å². The normalized spacial score (nSPS) is 10.4. The molecule has 0 aliphatic rings. The molecule has 0 bridgehead atoms. The Kier molecular flexibility index (Phi) is 6.74. The number of rotatable bonds is 7. The minimum atomic E-state index is -0.283. The molecule has 29 heavy (non-hydrogen) atoms. The van der Waals surface area contributed by atoms with E-state index in [4.69, 9.17) is 0 Å². The zero-order valence-electron chi connectivity index (χ0n) is 16.8. The third-order valence-electron chi connectivity index (χ3n) is 4.66. The van der Waals surface area contributed by atoms with Gasteiger partial charge in [0.15, 0.2) is 0 Å². The quantitative estimate of drug-likeness (QED) is 0.666. The van der Waals surface area contributed by atoms with Gasteiger partial charge in [0, 0.05) is 30.5 Å². The lowest BCUT2D eigenvalue weighted by Gasteiger charge is -2.21. The molecule has 2 amide bonds. The van der Waals surface area contributed by atoms with Gasteiger partial charge in [0.1, 0.15) is 5.69 Å². The Hall–Kier alpha value is -3.47. The summed E-state index contributed by atoms with van der Waals surface area (Å²) in [7, 11) is 0. The zero-order valence-corrected chi connectivity index (χ0v) is 16.8. The van der Waals surface area contributed by atoms with Crippen molar-refractivity contribution in [3.05, 3.63) is 95.3 Å². The van der Waals surface area contributed by atoms with Crippen molar-refractivity contribution in [1.29, 1.82) is 0 Å². The molecule has 0 saturated carbocycles. The number of carbonyl (C=O) groups is 2. The monoisotopic (exact) mass is 387 g/mol. The molecular formula is C24H25N3O2. The first-order chi connectivity index (χ1) is 14.1. The number of nitrogens with one attached hydrogen (secondary N) is 1. The van der Waals surface area contributed by atoms with Gasteiger partial charge in [-0.1, -0.05) is 42.5 Å². The molecule has 1 aromatic heterocycles. The summed E-state index contributed by atoms with van der Waals surface area (Å²) >= 11 is 0. The van der Waals surface area contributed by atoms with Gasteiger partial charge in [-0.25, -0.2) is 0 Å². The number of hydrogen-bond acceptors (Lipinski definition) is 3. The van der Waals surface area contributed by atoms with E-state index in [1.165, 1.54) is 6.20 Å². The molecule has 2 aromatic carbocycles. The van der Waals surface area contributed by atoms with Gasteiger partial charge in [-0.15, -0.1) is 0 Å². The Balaban J connectivity index is 1.69. The van der Waals surface area contributed by atoms with Crippen molar-refractivity contribution in [1.82, 2.24) is 10.3 Å². The van der Waals surface area contributed by atoms with Crippen LogP contribution in [0, 0.1) is 6.92 Å². The summed E-state index contributed by atoms with van der Waals surface area (Å²) in [4.78, 5) is 31.3. The van der Waals surface area contributed by atoms with Gasteiger partial charge in [0.25, 0.3) is 11.8 Å². The Morgan fingerprint density at radius 1 is 1.00 bits per heavy atom. The molecule has 148 valence electrons. The Morgan fingerprint density at radius 2 is 1.79 bits per heavy atom. The summed E-state index contributed by atoms with van der Waals surface area (Å²) in [5, 5.41) is 2.87. The number of carbonyl (C=O) groups excluding carboxylic acids is 2. The summed E-state index contributed by atoms with van der Waals surface area (Å²) < 4.78 is 0. The van der Waals surface area contributed by atoms with Crippen molar-refractivity contribution in [2.24, 2.45) is 0 Å². The van der Waals surface area contributed by atoms with Crippen molar-refractivity contribution in [2.75, 3.05) is 18.0 Å². The maximum Gasteiger partial charge on any atom is 0.269 e. The highest BCUT2D eigenvalue weighted by atomic mass is 16.2. The minimum Gasteiger partial charge on any atom is -0.350 e. The molecule has 0 fully saturated rings. The Bertz CT molecular complexity index is 986. The third kappa shape index (κ3) is 5.29. The van der Waals surface area contributed by atoms with E-state index in [9.17, 15) is 9.59 Å². The molecule has 0 aliphatic carbocycles. The molecule has 5 heteroatoms. The zero-order chi connectivity index (χ0) is 20.6. The summed E-state index contributed by atoms with van der Waals surface area (Å²) in [5.41, 5.74) is 3.76. The van der Waals surface area contributed by atoms with E-state index in [0.717, 1.165) is 23.2 Å². The summed E-state index contributed by atoms with van der Waals surface area (Å²) in [6.07, 6.45) is 2.24. The fourth-order valence-electron chi connectivity index (χ4n) is 3.14. The van der Waals surface area contributed by atoms with E-state index >= 15 is 0 Å². The molecule has 0 radical (unpaired) electrons. The molecule has 5 nitrogen and oxygen atoms in total. The number of anilines is 1. The van der Waals surface area contributed by atoms with Gasteiger partial charge >= 0.3 is 0 Å². The van der Waals surface area contributed by atoms with Crippen LogP contribution in [0.15, 0.2) is 72.9 Å². The molecule has 0 spiro atoms. The number of pyridine rings is 1. The molecule has 0 saturated heterocycles. The first kappa shape index (κ1) is 20.3. The van der Waals surface area contributed by atoms with Crippen LogP contribution in [0.2, 0.25) is 0 Å². The average Bonchev–Trinajstić information content (AvgIpc) is 2.75. The van der Waals surface area contributed by atoms with Crippen molar-refractivity contribution >= 4 is 17.5 Å². The van der Waals surface area contributed by atoms with Crippen LogP contribution in [0.1, 0.15) is 38.9 Å². The maximum absolute atomic E-state index is 13.0. The fraction of sp³-hybridized carbons (Fsp3) is 0.208. The summed E-state index contributed by atoms with van der Waals surface area (Å²) in [6.45, 7) is 4.96. The molecule has 1 N–H and O–H groups in total. The molecule has 0 unspecified atom stereocenters. The van der Waals surface area contributed by atoms with Crippen molar-refractivity contribution in [3.63, 3.8) is 0 Å². The second-order valence-electron chi connectivity index (χ2n) is 6.81. The van der Waals surface area contributed by atoms with E-state index in [1.54, 1.807) is 17.0 Å². The largest absolute Gasteiger partial charge is 0.350 e. The van der Waals surface area contributed by atoms with Gasteiger partial charge in [-0.3, -0.25) is 14.6 Å². The minimum absolute atomic E-state index is 0.154. The van der Waals surface area contributed by atoms with Crippen LogP contribution in [0.4, 0.5) is 5.69 Å². The second-order valence-corrected chi connectivity index (χ2v) is 6.81. The van der Waals surface area contributed by atoms with Gasteiger partial charge in [-0.2, -0.15) is 0 Å². The highest BCUT2D eigenvalue weighted by Gasteiger charge is 2.18. The van der Waals surface area contributed by atoms with Gasteiger partial charge in [0.2, 0.25) is 0 Å². The molecule has 0 atom stereocenters. The molecular weight excluding hydrogens is 362 g/mol. The first-order valence-electron chi connectivity index (χ1n) is 9.75. The Labute approximate surface area is 171 Å². The number of aromatic nitrogens is 1. The lowest BCUT2D eigenvalue weighted by atomic mass is 10.1. The smallest absolute Gasteiger partial charge is 0.269 e. The number of hydrogen-bond donors (Lipinski definition) is 1. The van der Waals surface area contributed by atoms with Crippen LogP contribution >= 0.6 is 0 Å². The van der Waals surface area contributed by atoms with E-state index in [2.05, 4.69) is 10.3 Å². The SMILES string of the molecule is CCN(C(=O)c1ccnc(C(=O)NCCc2ccccc2)c1)c1cccc(C)c1. The van der Waals surface area contributed by atoms with Crippen molar-refractivity contribution < 1.29 is 9.59 Å². The van der Waals surface area contributed by atoms with Gasteiger partial charge in [-0.05, 0) is 55.7 Å². The van der Waals surface area contributed by atoms with Crippen LogP contribution in [0.5, 0.6) is 0 Å². The fourth-order valence-corrected chi connectivity index (χ4v) is 3.14. The summed E-state index contributed by atoms with van der Waals surface area (Å²) in [6, 6.07) is 21.0. The van der Waals surface area contributed by atoms with Gasteiger partial charge in [0.05, 0.1) is 0 Å². The average molecular weight is 387 g/mol. The molecule has 0 aliphatic heterocycles. The number of nitrogens with zero attached hydrogens (tertiary/aromatic N) is 2. The number of aryl methyl sites for hydroxylation is 1. The van der Waals surface area contributed by atoms with Crippen LogP contribution in [-0.2, 0) is 6.42 Å². The van der Waals surface area contributed by atoms with Crippen LogP contribution in [0.3, 0.4) is 0 Å². The van der Waals surface area contributed by atoms with Crippen LogP contribution < -0.4 is 10.2 Å². The van der Waals surface area contributed by atoms with Crippen molar-refractivity contribution in [3.8, 4) is 0 Å². The molecule has 1 heterocycles. The second kappa shape index (κ2) is 9.64. The number of amides is 2. The highest BCUT2D eigenvalue weighted by Crippen LogP contribution is 2.18. The lowest BCUT2D eigenvalue weighted by molar-refractivity contribution is 0.0949. The predicted octanol–water partition coefficient (Wildman–Crippen LogP) is 4.03. The van der Waals surface area contributed by atoms with Crippen LogP contribution in [-0.4, -0.2) is 29.9 Å². The van der Waals surface area contributed by atoms with E-state index < -0.39 is 0 Å². The predicted molar refractivity (Wildman–Crippen MR) is 115 cm³/mol. The van der Waals surface area contributed by atoms with Crippen molar-refractivity contribution in [2.45, 2.75) is 20.3 Å². The van der Waals surface area contributed by atoms with E-state index in [1.807, 2.05) is 68.4 Å². The number of benzene rings is 2. The third-order valence-corrected chi connectivity index (χ3v) is 4.66. The van der Waals surface area contributed by atoms with E-state index in [-0.39, 0.29) is 17.5 Å². The topological polar surface area (TPSA) is 62.3 Å². The van der Waals surface area contributed by atoms with Crippen LogP contribution in [0.25, 0.3) is 0 Å². The maximum atomic E-state index is 13.0. The Morgan fingerprint density at radius 3 is 2.52 bits per heavy atom. The first-order valence-corrected chi connectivity index (χ1v) is 9.75. The molecule has 3 aromatic rings. The molecule has 3 rings (SSSR count). The highest BCUT2D eigenvalue weighted by molar-refractivity contribution is 6.07. The standard InChI is InChI=1S/C24H25N3O2/c1-3-27(21-11-7-8-18(2)16-21)24(29)20-13-15-25-22(17-20)23(28)26-14-12-19-9-5-4-6-10-19/h4-11,13,15-17H,3,12,14H2,1-2H3,(H,26,28).